The zero-order chi connectivity index (χ0) is 24.3. The number of sulfonamides is 1. The summed E-state index contributed by atoms with van der Waals surface area (Å²) in [5.41, 5.74) is 3.13. The van der Waals surface area contributed by atoms with Crippen LogP contribution in [0.2, 0.25) is 0 Å². The number of anilines is 2. The van der Waals surface area contributed by atoms with Crippen molar-refractivity contribution < 1.29 is 17.9 Å². The first-order valence-electron chi connectivity index (χ1n) is 10.5. The number of para-hydroxylation sites is 1. The van der Waals surface area contributed by atoms with E-state index < -0.39 is 15.9 Å². The molecule has 8 heteroatoms. The fourth-order valence-corrected chi connectivity index (χ4v) is 5.77. The molecule has 0 saturated heterocycles. The minimum Gasteiger partial charge on any atom is -0.457 e. The first kappa shape index (κ1) is 23.5. The molecule has 4 rings (SSSR count). The van der Waals surface area contributed by atoms with Crippen molar-refractivity contribution in [3.8, 4) is 11.5 Å². The highest BCUT2D eigenvalue weighted by atomic mass is 32.2. The van der Waals surface area contributed by atoms with Crippen LogP contribution in [0.15, 0.2) is 89.1 Å². The van der Waals surface area contributed by atoms with Crippen molar-refractivity contribution in [1.29, 1.82) is 0 Å². The molecule has 6 nitrogen and oxygen atoms in total. The molecule has 0 fully saturated rings. The number of amides is 1. The number of nitrogens with zero attached hydrogens (tertiary/aromatic N) is 1. The molecule has 4 aromatic rings. The molecule has 0 aliphatic heterocycles. The summed E-state index contributed by atoms with van der Waals surface area (Å²) < 4.78 is 33.6. The molecular weight excluding hydrogens is 468 g/mol. The van der Waals surface area contributed by atoms with Gasteiger partial charge in [0.1, 0.15) is 21.3 Å². The molecule has 0 aliphatic carbocycles. The predicted molar refractivity (Wildman–Crippen MR) is 137 cm³/mol. The fourth-order valence-electron chi connectivity index (χ4n) is 3.29. The first-order chi connectivity index (χ1) is 16.3. The molecule has 0 saturated carbocycles. The molecular formula is C26H24N2O4S2. The van der Waals surface area contributed by atoms with Crippen LogP contribution in [0.5, 0.6) is 11.5 Å². The van der Waals surface area contributed by atoms with E-state index in [1.807, 2.05) is 56.3 Å². The van der Waals surface area contributed by atoms with Gasteiger partial charge in [0.15, 0.2) is 0 Å². The molecule has 1 aromatic heterocycles. The molecule has 0 bridgehead atoms. The smallest absolute Gasteiger partial charge is 0.267 e. The lowest BCUT2D eigenvalue weighted by molar-refractivity contribution is 0.102. The molecule has 0 radical (unpaired) electrons. The van der Waals surface area contributed by atoms with Gasteiger partial charge in [-0.3, -0.25) is 9.10 Å². The molecule has 34 heavy (non-hydrogen) atoms. The van der Waals surface area contributed by atoms with Gasteiger partial charge < -0.3 is 10.1 Å². The van der Waals surface area contributed by atoms with Crippen molar-refractivity contribution in [1.82, 2.24) is 0 Å². The van der Waals surface area contributed by atoms with E-state index in [9.17, 15) is 13.2 Å². The maximum atomic E-state index is 13.3. The van der Waals surface area contributed by atoms with E-state index in [1.54, 1.807) is 35.7 Å². The molecule has 1 heterocycles. The van der Waals surface area contributed by atoms with Gasteiger partial charge in [0.25, 0.3) is 15.9 Å². The number of nitrogens with one attached hydrogen (secondary N) is 1. The average Bonchev–Trinajstić information content (AvgIpc) is 3.34. The zero-order valence-corrected chi connectivity index (χ0v) is 20.6. The van der Waals surface area contributed by atoms with E-state index in [1.165, 1.54) is 17.4 Å². The Morgan fingerprint density at radius 2 is 1.56 bits per heavy atom. The summed E-state index contributed by atoms with van der Waals surface area (Å²) in [6.45, 7) is 3.90. The maximum Gasteiger partial charge on any atom is 0.267 e. The highest BCUT2D eigenvalue weighted by molar-refractivity contribution is 7.93. The van der Waals surface area contributed by atoms with Crippen LogP contribution < -0.4 is 14.4 Å². The van der Waals surface area contributed by atoms with Gasteiger partial charge in [-0.1, -0.05) is 24.3 Å². The van der Waals surface area contributed by atoms with Gasteiger partial charge in [0.05, 0.1) is 5.69 Å². The van der Waals surface area contributed by atoms with Crippen LogP contribution in [-0.2, 0) is 10.0 Å². The Kier molecular flexibility index (Phi) is 6.72. The second-order valence-corrected chi connectivity index (χ2v) is 10.6. The Balaban J connectivity index is 1.51. The summed E-state index contributed by atoms with van der Waals surface area (Å²) in [5.74, 6) is 0.845. The Morgan fingerprint density at radius 1 is 0.882 bits per heavy atom. The van der Waals surface area contributed by atoms with E-state index in [0.717, 1.165) is 22.5 Å². The normalized spacial score (nSPS) is 11.1. The van der Waals surface area contributed by atoms with Crippen LogP contribution in [0.4, 0.5) is 11.4 Å². The minimum absolute atomic E-state index is 0.0280. The standard InChI is InChI=1S/C26H24N2O4S2/c1-18-9-12-21(17-19(18)2)28(3)34(30,31)24-15-16-33-25(24)26(29)27-20-10-13-23(14-11-20)32-22-7-5-4-6-8-22/h4-17H,1-3H3,(H,27,29). The van der Waals surface area contributed by atoms with Crippen molar-refractivity contribution in [2.75, 3.05) is 16.7 Å². The number of benzene rings is 3. The number of aryl methyl sites for hydroxylation is 2. The third-order valence-electron chi connectivity index (χ3n) is 5.42. The van der Waals surface area contributed by atoms with Crippen LogP contribution in [0.25, 0.3) is 0 Å². The topological polar surface area (TPSA) is 75.7 Å². The van der Waals surface area contributed by atoms with E-state index in [0.29, 0.717) is 22.9 Å². The summed E-state index contributed by atoms with van der Waals surface area (Å²) in [6, 6.07) is 23.2. The van der Waals surface area contributed by atoms with Crippen LogP contribution in [0.1, 0.15) is 20.8 Å². The number of thiophene rings is 1. The lowest BCUT2D eigenvalue weighted by Gasteiger charge is -2.20. The number of carbonyl (C=O) groups is 1. The quantitative estimate of drug-likeness (QED) is 0.332. The average molecular weight is 493 g/mol. The predicted octanol–water partition coefficient (Wildman–Crippen LogP) is 6.23. The Morgan fingerprint density at radius 3 is 2.24 bits per heavy atom. The van der Waals surface area contributed by atoms with E-state index in [4.69, 9.17) is 4.74 Å². The Labute approximate surface area is 203 Å². The van der Waals surface area contributed by atoms with Crippen LogP contribution in [-0.4, -0.2) is 21.4 Å². The molecule has 1 N–H and O–H groups in total. The van der Waals surface area contributed by atoms with E-state index in [-0.39, 0.29) is 9.77 Å². The van der Waals surface area contributed by atoms with Crippen molar-refractivity contribution in [3.05, 3.63) is 100 Å². The monoisotopic (exact) mass is 492 g/mol. The van der Waals surface area contributed by atoms with E-state index in [2.05, 4.69) is 5.32 Å². The molecule has 3 aromatic carbocycles. The highest BCUT2D eigenvalue weighted by Gasteiger charge is 2.28. The van der Waals surface area contributed by atoms with Crippen molar-refractivity contribution in [3.63, 3.8) is 0 Å². The summed E-state index contributed by atoms with van der Waals surface area (Å²) >= 11 is 1.08. The first-order valence-corrected chi connectivity index (χ1v) is 12.9. The van der Waals surface area contributed by atoms with Crippen LogP contribution in [0.3, 0.4) is 0 Å². The molecule has 0 atom stereocenters. The molecule has 0 unspecified atom stereocenters. The largest absolute Gasteiger partial charge is 0.457 e. The van der Waals surface area contributed by atoms with Gasteiger partial charge in [-0.15, -0.1) is 11.3 Å². The highest BCUT2D eigenvalue weighted by Crippen LogP contribution is 2.30. The number of carbonyl (C=O) groups excluding carboxylic acids is 1. The fraction of sp³-hybridized carbons (Fsp3) is 0.115. The number of rotatable bonds is 7. The third kappa shape index (κ3) is 4.98. The number of hydrogen-bond acceptors (Lipinski definition) is 5. The summed E-state index contributed by atoms with van der Waals surface area (Å²) in [7, 11) is -2.43. The van der Waals surface area contributed by atoms with E-state index >= 15 is 0 Å². The summed E-state index contributed by atoms with van der Waals surface area (Å²) in [5, 5.41) is 4.38. The second kappa shape index (κ2) is 9.70. The number of hydrogen-bond donors (Lipinski definition) is 1. The van der Waals surface area contributed by atoms with Crippen molar-refractivity contribution >= 4 is 38.6 Å². The summed E-state index contributed by atoms with van der Waals surface area (Å²) in [6.07, 6.45) is 0. The van der Waals surface area contributed by atoms with Crippen LogP contribution in [0, 0.1) is 13.8 Å². The Bertz CT molecular complexity index is 1410. The molecule has 174 valence electrons. The summed E-state index contributed by atoms with van der Waals surface area (Å²) in [4.78, 5) is 13.1. The zero-order valence-electron chi connectivity index (χ0n) is 19.0. The number of ether oxygens (including phenoxy) is 1. The lowest BCUT2D eigenvalue weighted by Crippen LogP contribution is -2.28. The maximum absolute atomic E-state index is 13.3. The minimum atomic E-state index is -3.92. The lowest BCUT2D eigenvalue weighted by atomic mass is 10.1. The molecule has 0 aliphatic rings. The van der Waals surface area contributed by atoms with Gasteiger partial charge in [-0.05, 0) is 85.0 Å². The van der Waals surface area contributed by atoms with Gasteiger partial charge in [-0.2, -0.15) is 0 Å². The van der Waals surface area contributed by atoms with Crippen molar-refractivity contribution in [2.24, 2.45) is 0 Å². The SMILES string of the molecule is Cc1ccc(N(C)S(=O)(=O)c2ccsc2C(=O)Nc2ccc(Oc3ccccc3)cc2)cc1C. The second-order valence-electron chi connectivity index (χ2n) is 7.75. The Hall–Kier alpha value is -3.62. The van der Waals surface area contributed by atoms with Gasteiger partial charge in [-0.25, -0.2) is 8.42 Å². The van der Waals surface area contributed by atoms with Gasteiger partial charge in [0.2, 0.25) is 0 Å². The third-order valence-corrected chi connectivity index (χ3v) is 8.29. The molecule has 0 spiro atoms. The van der Waals surface area contributed by atoms with Crippen LogP contribution >= 0.6 is 11.3 Å². The van der Waals surface area contributed by atoms with Gasteiger partial charge in [0, 0.05) is 12.7 Å². The van der Waals surface area contributed by atoms with Crippen molar-refractivity contribution in [2.45, 2.75) is 18.7 Å². The van der Waals surface area contributed by atoms with Gasteiger partial charge >= 0.3 is 0 Å². The molecule has 1 amide bonds.